The van der Waals surface area contributed by atoms with E-state index in [0.717, 1.165) is 102 Å². The van der Waals surface area contributed by atoms with Crippen LogP contribution < -0.4 is 0 Å². The van der Waals surface area contributed by atoms with Gasteiger partial charge in [-0.25, -0.2) is 0 Å². The summed E-state index contributed by atoms with van der Waals surface area (Å²) in [6.07, 6.45) is 29.6. The fourth-order valence-electron chi connectivity index (χ4n) is 18.3. The van der Waals surface area contributed by atoms with Gasteiger partial charge in [-0.15, -0.1) is 6.42 Å². The monoisotopic (exact) mass is 842 g/mol. The Labute approximate surface area is 368 Å². The van der Waals surface area contributed by atoms with E-state index in [1.165, 1.54) is 70.0 Å². The molecule has 0 spiro atoms. The Morgan fingerprint density at radius 3 is 2.43 bits per heavy atom. The van der Waals surface area contributed by atoms with E-state index in [1.807, 2.05) is 6.08 Å². The summed E-state index contributed by atoms with van der Waals surface area (Å²) in [6.45, 7) is 19.9. The fraction of sp³-hybridized carbons (Fsp3) is 0.849. The predicted molar refractivity (Wildman–Crippen MR) is 239 cm³/mol. The molecule has 9 fully saturated rings. The van der Waals surface area contributed by atoms with Crippen LogP contribution in [-0.2, 0) is 19.1 Å². The SMILES string of the molecule is C#C[C@]1(O)CC[C@H]2[C@@H]3CCC4=CC(=O)CC[C@@H]4[C@H]3CC[C@@]21CC.C=CC[N+]1([C@H]2C[C@H]3[C@@H]4CC[C@H]5C[C@H](O)[C@@H](N6CCOCC6)C[C@]5(C)[C@H]4CC[C@]3(C)[C@H]2OC(C)=O)CCCC1. The molecule has 10 aliphatic rings. The zero-order chi connectivity index (χ0) is 43.0. The van der Waals surface area contributed by atoms with Gasteiger partial charge in [0.05, 0.1) is 39.0 Å². The standard InChI is InChI=1S/C32H53N2O4.C21H28O2/c1-5-14-34(15-6-7-16-34)28-20-26-24-9-8-23-19-29(36)27(33-12-17-37-18-13-33)21-32(23,4)25(24)10-11-31(26,3)30(28)38-22(2)35;1-3-20-11-9-17-16-8-6-15(22)13-14(16)5-7-18(17)19(20)10-12-21(20,23)4-2/h5,23-30,36H,1,6-21H2,2-4H3;2,13,16-19,23H,3,5-12H2,1H3/q+1;/t23-,24+,25-,26-,27-,28-,29-,30-,31-,32-;16-,17+,18+,19-,20-,21-/m00/s1. The maximum absolute atomic E-state index is 12.5. The summed E-state index contributed by atoms with van der Waals surface area (Å²) in [5, 5.41) is 22.4. The highest BCUT2D eigenvalue weighted by Crippen LogP contribution is 2.69. The second-order valence-electron chi connectivity index (χ2n) is 23.0. The number of hydrogen-bond donors (Lipinski definition) is 2. The van der Waals surface area contributed by atoms with Crippen molar-refractivity contribution in [3.05, 3.63) is 24.3 Å². The Morgan fingerprint density at radius 2 is 1.72 bits per heavy atom. The quantitative estimate of drug-likeness (QED) is 0.120. The second kappa shape index (κ2) is 16.8. The summed E-state index contributed by atoms with van der Waals surface area (Å²) in [5.74, 6) is 8.27. The van der Waals surface area contributed by atoms with Crippen LogP contribution in [0.4, 0.5) is 0 Å². The summed E-state index contributed by atoms with van der Waals surface area (Å²) in [4.78, 5) is 26.8. The van der Waals surface area contributed by atoms with E-state index in [-0.39, 0.29) is 40.5 Å². The van der Waals surface area contributed by atoms with E-state index < -0.39 is 5.60 Å². The Morgan fingerprint density at radius 1 is 0.967 bits per heavy atom. The van der Waals surface area contributed by atoms with Crippen LogP contribution >= 0.6 is 0 Å². The molecular formula is C53H81N2O6+. The summed E-state index contributed by atoms with van der Waals surface area (Å²) in [6, 6.07) is 0.663. The molecule has 16 atom stereocenters. The van der Waals surface area contributed by atoms with E-state index in [2.05, 4.69) is 44.2 Å². The van der Waals surface area contributed by atoms with Gasteiger partial charge in [-0.2, -0.15) is 0 Å². The number of carbonyl (C=O) groups is 2. The molecule has 10 rings (SSSR count). The average molecular weight is 842 g/mol. The van der Waals surface area contributed by atoms with Crippen molar-refractivity contribution in [2.75, 3.05) is 45.9 Å². The first-order valence-electron chi connectivity index (χ1n) is 25.3. The predicted octanol–water partition coefficient (Wildman–Crippen LogP) is 8.29. The maximum atomic E-state index is 12.5. The number of carbonyl (C=O) groups excluding carboxylic acids is 2. The lowest BCUT2D eigenvalue weighted by Gasteiger charge is -2.62. The molecule has 8 aliphatic carbocycles. The molecule has 338 valence electrons. The molecule has 61 heavy (non-hydrogen) atoms. The highest BCUT2D eigenvalue weighted by molar-refractivity contribution is 5.91. The Hall–Kier alpha value is -2.02. The topological polar surface area (TPSA) is 96.3 Å². The summed E-state index contributed by atoms with van der Waals surface area (Å²) in [5.41, 5.74) is 0.817. The molecule has 0 unspecified atom stereocenters. The van der Waals surface area contributed by atoms with Crippen molar-refractivity contribution in [1.82, 2.24) is 4.90 Å². The highest BCUT2D eigenvalue weighted by atomic mass is 16.5. The van der Waals surface area contributed by atoms with Crippen LogP contribution in [0.1, 0.15) is 143 Å². The normalized spacial score (nSPS) is 48.6. The van der Waals surface area contributed by atoms with Gasteiger partial charge in [-0.05, 0) is 155 Å². The molecule has 0 radical (unpaired) electrons. The number of allylic oxidation sites excluding steroid dienone is 1. The number of aliphatic hydroxyl groups is 2. The van der Waals surface area contributed by atoms with Crippen LogP contribution in [-0.4, -0.2) is 107 Å². The number of ketones is 1. The average Bonchev–Trinajstić information content (AvgIpc) is 3.94. The lowest BCUT2D eigenvalue weighted by atomic mass is 9.44. The minimum atomic E-state index is -0.893. The van der Waals surface area contributed by atoms with Crippen molar-refractivity contribution in [1.29, 1.82) is 0 Å². The van der Waals surface area contributed by atoms with Gasteiger partial charge in [-0.1, -0.05) is 38.8 Å². The Bertz CT molecular complexity index is 1740. The minimum Gasteiger partial charge on any atom is -0.456 e. The molecular weight excluding hydrogens is 761 g/mol. The van der Waals surface area contributed by atoms with Gasteiger partial charge < -0.3 is 24.2 Å². The number of ether oxygens (including phenoxy) is 2. The number of aliphatic hydroxyl groups excluding tert-OH is 1. The number of likely N-dealkylation sites (tertiary alicyclic amines) is 1. The van der Waals surface area contributed by atoms with Crippen molar-refractivity contribution in [2.24, 2.45) is 63.6 Å². The van der Waals surface area contributed by atoms with Crippen molar-refractivity contribution < 1.29 is 33.8 Å². The third-order valence-corrected chi connectivity index (χ3v) is 21.1. The van der Waals surface area contributed by atoms with Crippen LogP contribution in [0.15, 0.2) is 24.3 Å². The first kappa shape index (κ1) is 44.2. The van der Waals surface area contributed by atoms with Gasteiger partial charge in [0.25, 0.3) is 0 Å². The molecule has 8 nitrogen and oxygen atoms in total. The molecule has 0 aromatic carbocycles. The van der Waals surface area contributed by atoms with Gasteiger partial charge in [-0.3, -0.25) is 14.5 Å². The van der Waals surface area contributed by atoms with Crippen molar-refractivity contribution >= 4 is 11.8 Å². The molecule has 2 N–H and O–H groups in total. The van der Waals surface area contributed by atoms with Crippen LogP contribution in [0.3, 0.4) is 0 Å². The zero-order valence-corrected chi connectivity index (χ0v) is 38.5. The number of fused-ring (bicyclic) bond motifs is 10. The van der Waals surface area contributed by atoms with Crippen molar-refractivity contribution in [3.63, 3.8) is 0 Å². The van der Waals surface area contributed by atoms with Gasteiger partial charge in [0.2, 0.25) is 0 Å². The molecule has 0 amide bonds. The summed E-state index contributed by atoms with van der Waals surface area (Å²) < 4.78 is 13.1. The lowest BCUT2D eigenvalue weighted by molar-refractivity contribution is -0.937. The number of esters is 1. The minimum absolute atomic E-state index is 0.0174. The van der Waals surface area contributed by atoms with Crippen LogP contribution in [0.2, 0.25) is 0 Å². The molecule has 8 heteroatoms. The number of terminal acetylenes is 1. The largest absolute Gasteiger partial charge is 0.456 e. The van der Waals surface area contributed by atoms with E-state index in [1.54, 1.807) is 6.92 Å². The molecule has 2 heterocycles. The molecule has 7 saturated carbocycles. The number of quaternary nitrogens is 1. The summed E-state index contributed by atoms with van der Waals surface area (Å²) in [7, 11) is 0. The third kappa shape index (κ3) is 7.10. The third-order valence-electron chi connectivity index (χ3n) is 21.1. The smallest absolute Gasteiger partial charge is 0.303 e. The van der Waals surface area contributed by atoms with Crippen molar-refractivity contribution in [2.45, 2.75) is 173 Å². The molecule has 0 bridgehead atoms. The van der Waals surface area contributed by atoms with Crippen molar-refractivity contribution in [3.8, 4) is 12.3 Å². The molecule has 0 aromatic rings. The van der Waals surface area contributed by atoms with Crippen LogP contribution in [0.5, 0.6) is 0 Å². The van der Waals surface area contributed by atoms with Gasteiger partial charge >= 0.3 is 5.97 Å². The van der Waals surface area contributed by atoms with Gasteiger partial charge in [0, 0.05) is 62.6 Å². The van der Waals surface area contributed by atoms with E-state index in [4.69, 9.17) is 15.9 Å². The number of rotatable bonds is 6. The second-order valence-corrected chi connectivity index (χ2v) is 23.0. The molecule has 0 aromatic heterocycles. The summed E-state index contributed by atoms with van der Waals surface area (Å²) >= 11 is 0. The van der Waals surface area contributed by atoms with E-state index in [9.17, 15) is 19.8 Å². The molecule has 2 saturated heterocycles. The Kier molecular flexibility index (Phi) is 12.1. The highest BCUT2D eigenvalue weighted by Gasteiger charge is 2.68. The number of hydrogen-bond acceptors (Lipinski definition) is 7. The van der Waals surface area contributed by atoms with E-state index in [0.29, 0.717) is 59.2 Å². The first-order valence-corrected chi connectivity index (χ1v) is 25.3. The zero-order valence-electron chi connectivity index (χ0n) is 38.5. The lowest BCUT2D eigenvalue weighted by Crippen LogP contribution is -2.61. The maximum Gasteiger partial charge on any atom is 0.303 e. The van der Waals surface area contributed by atoms with Crippen LogP contribution in [0, 0.1) is 75.9 Å². The molecule has 2 aliphatic heterocycles. The first-order chi connectivity index (χ1) is 29.3. The van der Waals surface area contributed by atoms with E-state index >= 15 is 0 Å². The van der Waals surface area contributed by atoms with Crippen LogP contribution in [0.25, 0.3) is 0 Å². The number of nitrogens with zero attached hydrogens (tertiary/aromatic N) is 2. The fourth-order valence-corrected chi connectivity index (χ4v) is 18.3. The van der Waals surface area contributed by atoms with Gasteiger partial charge in [0.1, 0.15) is 11.6 Å². The van der Waals surface area contributed by atoms with Gasteiger partial charge in [0.15, 0.2) is 11.9 Å². The Balaban J connectivity index is 0.000000176. The number of morpholine rings is 1.